The van der Waals surface area contributed by atoms with Crippen LogP contribution in [0.5, 0.6) is 11.6 Å². The molecule has 7 nitrogen and oxygen atoms in total. The van der Waals surface area contributed by atoms with Gasteiger partial charge in [0.1, 0.15) is 12.1 Å². The van der Waals surface area contributed by atoms with Gasteiger partial charge in [-0.15, -0.1) is 0 Å². The third kappa shape index (κ3) is 4.77. The second kappa shape index (κ2) is 8.54. The predicted octanol–water partition coefficient (Wildman–Crippen LogP) is 6.16. The Morgan fingerprint density at radius 1 is 1.17 bits per heavy atom. The van der Waals surface area contributed by atoms with Gasteiger partial charge in [0, 0.05) is 5.69 Å². The van der Waals surface area contributed by atoms with Crippen LogP contribution < -0.4 is 10.1 Å². The topological polar surface area (TPSA) is 90.2 Å². The third-order valence-electron chi connectivity index (χ3n) is 4.05. The normalized spacial score (nSPS) is 11.2. The standard InChI is InChI=1S/C19H14ClF3N4O3/c1-2-11-3-6-13(7-4-11)30-18-16(27(28)29)17(24-10-25-18)26-12-5-8-15(20)14(9-12)19(21,22)23/h3-10H,2H2,1H3,(H,24,25,26). The first-order valence-electron chi connectivity index (χ1n) is 8.59. The van der Waals surface area contributed by atoms with Crippen molar-refractivity contribution in [1.82, 2.24) is 9.97 Å². The number of ether oxygens (including phenoxy) is 1. The van der Waals surface area contributed by atoms with Gasteiger partial charge in [-0.1, -0.05) is 30.7 Å². The molecule has 1 aromatic heterocycles. The highest BCUT2D eigenvalue weighted by Crippen LogP contribution is 2.39. The maximum Gasteiger partial charge on any atom is 0.417 e. The van der Waals surface area contributed by atoms with Crippen LogP contribution in [-0.2, 0) is 12.6 Å². The number of nitrogens with zero attached hydrogens (tertiary/aromatic N) is 3. The molecule has 0 bridgehead atoms. The van der Waals surface area contributed by atoms with E-state index in [2.05, 4.69) is 15.3 Å². The molecule has 156 valence electrons. The predicted molar refractivity (Wildman–Crippen MR) is 104 cm³/mol. The summed E-state index contributed by atoms with van der Waals surface area (Å²) in [7, 11) is 0. The van der Waals surface area contributed by atoms with E-state index in [1.807, 2.05) is 6.92 Å². The van der Waals surface area contributed by atoms with Crippen LogP contribution in [0.25, 0.3) is 0 Å². The molecule has 0 unspecified atom stereocenters. The van der Waals surface area contributed by atoms with Crippen molar-refractivity contribution >= 4 is 28.8 Å². The molecule has 1 heterocycles. The van der Waals surface area contributed by atoms with Gasteiger partial charge in [-0.3, -0.25) is 10.1 Å². The molecule has 0 amide bonds. The highest BCUT2D eigenvalue weighted by molar-refractivity contribution is 6.31. The minimum absolute atomic E-state index is 0.0910. The quantitative estimate of drug-likeness (QED) is 0.366. The van der Waals surface area contributed by atoms with Crippen LogP contribution in [0.1, 0.15) is 18.1 Å². The maximum absolute atomic E-state index is 13.1. The molecule has 0 fully saturated rings. The molecule has 0 atom stereocenters. The Morgan fingerprint density at radius 3 is 2.47 bits per heavy atom. The number of hydrogen-bond acceptors (Lipinski definition) is 6. The van der Waals surface area contributed by atoms with Crippen molar-refractivity contribution < 1.29 is 22.8 Å². The number of aromatic nitrogens is 2. The summed E-state index contributed by atoms with van der Waals surface area (Å²) in [5.74, 6) is -0.372. The zero-order valence-corrected chi connectivity index (χ0v) is 16.2. The van der Waals surface area contributed by atoms with Gasteiger partial charge in [0.15, 0.2) is 0 Å². The molecule has 3 rings (SSSR count). The van der Waals surface area contributed by atoms with Crippen molar-refractivity contribution in [2.45, 2.75) is 19.5 Å². The number of aryl methyl sites for hydroxylation is 1. The van der Waals surface area contributed by atoms with Gasteiger partial charge in [-0.05, 0) is 42.3 Å². The summed E-state index contributed by atoms with van der Waals surface area (Å²) >= 11 is 5.60. The molecule has 11 heteroatoms. The second-order valence-corrected chi connectivity index (χ2v) is 6.46. The summed E-state index contributed by atoms with van der Waals surface area (Å²) in [4.78, 5) is 18.4. The molecule has 0 aliphatic carbocycles. The van der Waals surface area contributed by atoms with Crippen molar-refractivity contribution in [3.8, 4) is 11.6 Å². The molecule has 2 aromatic carbocycles. The zero-order chi connectivity index (χ0) is 21.9. The second-order valence-electron chi connectivity index (χ2n) is 6.05. The largest absolute Gasteiger partial charge is 0.434 e. The third-order valence-corrected chi connectivity index (χ3v) is 4.38. The molecule has 30 heavy (non-hydrogen) atoms. The summed E-state index contributed by atoms with van der Waals surface area (Å²) in [6.07, 6.45) is -2.88. The molecule has 0 saturated heterocycles. The van der Waals surface area contributed by atoms with Crippen molar-refractivity contribution in [2.75, 3.05) is 5.32 Å². The van der Waals surface area contributed by atoms with E-state index in [1.165, 1.54) is 6.07 Å². The summed E-state index contributed by atoms with van der Waals surface area (Å²) in [6, 6.07) is 9.87. The lowest BCUT2D eigenvalue weighted by atomic mass is 10.2. The van der Waals surface area contributed by atoms with Gasteiger partial charge in [0.25, 0.3) is 0 Å². The van der Waals surface area contributed by atoms with E-state index < -0.39 is 27.4 Å². The number of halogens is 4. The fourth-order valence-corrected chi connectivity index (χ4v) is 2.78. The van der Waals surface area contributed by atoms with Crippen molar-refractivity contribution in [3.63, 3.8) is 0 Å². The molecular formula is C19H14ClF3N4O3. The smallest absolute Gasteiger partial charge is 0.417 e. The average molecular weight is 439 g/mol. The van der Waals surface area contributed by atoms with E-state index in [1.54, 1.807) is 24.3 Å². The molecule has 1 N–H and O–H groups in total. The Bertz CT molecular complexity index is 1080. The molecule has 3 aromatic rings. The summed E-state index contributed by atoms with van der Waals surface area (Å²) in [5.41, 5.74) is -0.754. The molecule has 0 radical (unpaired) electrons. The number of anilines is 2. The number of hydrogen-bond donors (Lipinski definition) is 1. The SMILES string of the molecule is CCc1ccc(Oc2ncnc(Nc3ccc(Cl)c(C(F)(F)F)c3)c2[N+](=O)[O-])cc1. The summed E-state index contributed by atoms with van der Waals surface area (Å²) in [5, 5.41) is 13.6. The van der Waals surface area contributed by atoms with Gasteiger partial charge < -0.3 is 10.1 Å². The van der Waals surface area contributed by atoms with Crippen LogP contribution in [0, 0.1) is 10.1 Å². The number of nitro groups is 1. The Balaban J connectivity index is 1.96. The average Bonchev–Trinajstić information content (AvgIpc) is 2.69. The van der Waals surface area contributed by atoms with Gasteiger partial charge in [0.05, 0.1) is 15.5 Å². The lowest BCUT2D eigenvalue weighted by molar-refractivity contribution is -0.385. The van der Waals surface area contributed by atoms with Gasteiger partial charge >= 0.3 is 17.7 Å². The van der Waals surface area contributed by atoms with Crippen LogP contribution >= 0.6 is 11.6 Å². The minimum atomic E-state index is -4.69. The van der Waals surface area contributed by atoms with Crippen LogP contribution in [-0.4, -0.2) is 14.9 Å². The van der Waals surface area contributed by atoms with Crippen molar-refractivity contribution in [1.29, 1.82) is 0 Å². The summed E-state index contributed by atoms with van der Waals surface area (Å²) < 4.78 is 44.7. The van der Waals surface area contributed by atoms with Gasteiger partial charge in [0.2, 0.25) is 5.82 Å². The Morgan fingerprint density at radius 2 is 1.87 bits per heavy atom. The molecule has 0 aliphatic heterocycles. The van der Waals surface area contributed by atoms with Crippen molar-refractivity contribution in [3.05, 3.63) is 75.1 Å². The minimum Gasteiger partial charge on any atom is -0.434 e. The first kappa shape index (κ1) is 21.3. The van der Waals surface area contributed by atoms with Crippen LogP contribution in [0.4, 0.5) is 30.4 Å². The van der Waals surface area contributed by atoms with E-state index in [9.17, 15) is 23.3 Å². The lowest BCUT2D eigenvalue weighted by Gasteiger charge is -2.13. The number of rotatable bonds is 6. The molecule has 0 spiro atoms. The maximum atomic E-state index is 13.1. The molecular weight excluding hydrogens is 425 g/mol. The van der Waals surface area contributed by atoms with Crippen LogP contribution in [0.3, 0.4) is 0 Å². The first-order chi connectivity index (χ1) is 14.2. The van der Waals surface area contributed by atoms with E-state index in [4.69, 9.17) is 16.3 Å². The number of alkyl halides is 3. The van der Waals surface area contributed by atoms with Crippen LogP contribution in [0.2, 0.25) is 5.02 Å². The van der Waals surface area contributed by atoms with E-state index in [-0.39, 0.29) is 17.4 Å². The zero-order valence-electron chi connectivity index (χ0n) is 15.4. The fourth-order valence-electron chi connectivity index (χ4n) is 2.56. The monoisotopic (exact) mass is 438 g/mol. The number of nitrogens with one attached hydrogen (secondary N) is 1. The Kier molecular flexibility index (Phi) is 6.06. The molecule has 0 saturated carbocycles. The fraction of sp³-hybridized carbons (Fsp3) is 0.158. The highest BCUT2D eigenvalue weighted by Gasteiger charge is 2.34. The Hall–Kier alpha value is -3.40. The van der Waals surface area contributed by atoms with Gasteiger partial charge in [-0.25, -0.2) is 4.98 Å². The Labute approximate surface area is 173 Å². The molecule has 0 aliphatic rings. The van der Waals surface area contributed by atoms with Crippen molar-refractivity contribution in [2.24, 2.45) is 0 Å². The van der Waals surface area contributed by atoms with E-state index >= 15 is 0 Å². The van der Waals surface area contributed by atoms with E-state index in [0.717, 1.165) is 30.4 Å². The van der Waals surface area contributed by atoms with Crippen LogP contribution in [0.15, 0.2) is 48.8 Å². The lowest BCUT2D eigenvalue weighted by Crippen LogP contribution is -2.07. The van der Waals surface area contributed by atoms with Gasteiger partial charge in [-0.2, -0.15) is 18.2 Å². The first-order valence-corrected chi connectivity index (χ1v) is 8.96. The number of benzene rings is 2. The van der Waals surface area contributed by atoms with E-state index in [0.29, 0.717) is 5.75 Å². The summed E-state index contributed by atoms with van der Waals surface area (Å²) in [6.45, 7) is 1.98. The highest BCUT2D eigenvalue weighted by atomic mass is 35.5.